The number of aryl methyl sites for hydroxylation is 2. The second-order valence-corrected chi connectivity index (χ2v) is 6.38. The van der Waals surface area contributed by atoms with Crippen molar-refractivity contribution in [2.45, 2.75) is 19.4 Å². The number of rotatable bonds is 7. The Morgan fingerprint density at radius 2 is 1.73 bits per heavy atom. The first kappa shape index (κ1) is 17.9. The smallest absolute Gasteiger partial charge is 0.239 e. The molecule has 1 aromatic heterocycles. The first-order chi connectivity index (χ1) is 12.6. The zero-order valence-corrected chi connectivity index (χ0v) is 15.1. The monoisotopic (exact) mass is 348 g/mol. The van der Waals surface area contributed by atoms with Crippen LogP contribution >= 0.6 is 0 Å². The van der Waals surface area contributed by atoms with Crippen LogP contribution in [-0.2, 0) is 18.3 Å². The van der Waals surface area contributed by atoms with Gasteiger partial charge in [0.15, 0.2) is 0 Å². The Balaban J connectivity index is 1.65. The maximum absolute atomic E-state index is 12.3. The molecule has 1 heterocycles. The maximum atomic E-state index is 12.3. The zero-order chi connectivity index (χ0) is 18.4. The van der Waals surface area contributed by atoms with E-state index in [0.29, 0.717) is 5.82 Å². The first-order valence-electron chi connectivity index (χ1n) is 8.74. The lowest BCUT2D eigenvalue weighted by atomic mass is 9.99. The number of hydrogen-bond donors (Lipinski definition) is 2. The summed E-state index contributed by atoms with van der Waals surface area (Å²) in [4.78, 5) is 12.3. The van der Waals surface area contributed by atoms with Gasteiger partial charge in [-0.15, -0.1) is 0 Å². The third-order valence-electron chi connectivity index (χ3n) is 4.26. The molecule has 0 saturated heterocycles. The van der Waals surface area contributed by atoms with E-state index in [-0.39, 0.29) is 18.5 Å². The van der Waals surface area contributed by atoms with Crippen molar-refractivity contribution >= 4 is 11.7 Å². The van der Waals surface area contributed by atoms with Crippen LogP contribution in [-0.4, -0.2) is 22.2 Å². The summed E-state index contributed by atoms with van der Waals surface area (Å²) in [6, 6.07) is 22.4. The van der Waals surface area contributed by atoms with E-state index in [9.17, 15) is 4.79 Å². The number of carbonyl (C=O) groups is 1. The highest BCUT2D eigenvalue weighted by Gasteiger charge is 2.14. The van der Waals surface area contributed by atoms with Crippen molar-refractivity contribution in [3.63, 3.8) is 0 Å². The zero-order valence-electron chi connectivity index (χ0n) is 15.1. The molecule has 5 nitrogen and oxygen atoms in total. The Morgan fingerprint density at radius 3 is 2.35 bits per heavy atom. The van der Waals surface area contributed by atoms with Crippen molar-refractivity contribution in [2.75, 3.05) is 11.9 Å². The van der Waals surface area contributed by atoms with Crippen molar-refractivity contribution in [3.05, 3.63) is 83.6 Å². The van der Waals surface area contributed by atoms with Gasteiger partial charge in [-0.1, -0.05) is 60.7 Å². The molecule has 5 heteroatoms. The average Bonchev–Trinajstić information content (AvgIpc) is 2.97. The summed E-state index contributed by atoms with van der Waals surface area (Å²) >= 11 is 0. The second-order valence-electron chi connectivity index (χ2n) is 6.38. The van der Waals surface area contributed by atoms with Crippen molar-refractivity contribution in [1.29, 1.82) is 0 Å². The van der Waals surface area contributed by atoms with E-state index in [4.69, 9.17) is 0 Å². The molecule has 2 aromatic carbocycles. The van der Waals surface area contributed by atoms with Gasteiger partial charge in [0.2, 0.25) is 5.91 Å². The van der Waals surface area contributed by atoms with Crippen LogP contribution in [0, 0.1) is 6.92 Å². The van der Waals surface area contributed by atoms with Crippen LogP contribution in [0.2, 0.25) is 0 Å². The molecule has 0 aliphatic heterocycles. The predicted molar refractivity (Wildman–Crippen MR) is 104 cm³/mol. The van der Waals surface area contributed by atoms with Crippen LogP contribution in [0.1, 0.15) is 22.9 Å². The third kappa shape index (κ3) is 4.80. The highest BCUT2D eigenvalue weighted by Crippen LogP contribution is 2.18. The molecule has 0 saturated carbocycles. The summed E-state index contributed by atoms with van der Waals surface area (Å²) in [7, 11) is 1.82. The summed E-state index contributed by atoms with van der Waals surface area (Å²) in [6.07, 6.45) is 0.822. The Labute approximate surface area is 154 Å². The van der Waals surface area contributed by atoms with Gasteiger partial charge in [0.05, 0.1) is 12.2 Å². The third-order valence-corrected chi connectivity index (χ3v) is 4.26. The molecule has 0 spiro atoms. The summed E-state index contributed by atoms with van der Waals surface area (Å²) < 4.78 is 1.67. The van der Waals surface area contributed by atoms with E-state index >= 15 is 0 Å². The van der Waals surface area contributed by atoms with Crippen LogP contribution in [0.15, 0.2) is 66.7 Å². The minimum atomic E-state index is -0.0815. The minimum Gasteiger partial charge on any atom is -0.310 e. The average molecular weight is 348 g/mol. The Kier molecular flexibility index (Phi) is 5.81. The molecule has 134 valence electrons. The van der Waals surface area contributed by atoms with Crippen LogP contribution in [0.4, 0.5) is 5.82 Å². The van der Waals surface area contributed by atoms with Crippen molar-refractivity contribution in [2.24, 2.45) is 7.05 Å². The van der Waals surface area contributed by atoms with Gasteiger partial charge in [-0.2, -0.15) is 5.10 Å². The molecule has 1 amide bonds. The van der Waals surface area contributed by atoms with Gasteiger partial charge in [-0.05, 0) is 24.5 Å². The topological polar surface area (TPSA) is 59.0 Å². The highest BCUT2D eigenvalue weighted by atomic mass is 16.2. The Bertz CT molecular complexity index is 843. The molecule has 0 radical (unpaired) electrons. The van der Waals surface area contributed by atoms with E-state index < -0.39 is 0 Å². The molecule has 1 unspecified atom stereocenters. The van der Waals surface area contributed by atoms with Gasteiger partial charge >= 0.3 is 0 Å². The maximum Gasteiger partial charge on any atom is 0.239 e. The van der Waals surface area contributed by atoms with Gasteiger partial charge in [0.25, 0.3) is 0 Å². The first-order valence-corrected chi connectivity index (χ1v) is 8.74. The predicted octanol–water partition coefficient (Wildman–Crippen LogP) is 3.24. The fraction of sp³-hybridized carbons (Fsp3) is 0.238. The number of amides is 1. The van der Waals surface area contributed by atoms with Crippen LogP contribution in [0.25, 0.3) is 0 Å². The lowest BCUT2D eigenvalue weighted by Crippen LogP contribution is -2.32. The molecular weight excluding hydrogens is 324 g/mol. The lowest BCUT2D eigenvalue weighted by molar-refractivity contribution is -0.115. The molecule has 2 N–H and O–H groups in total. The molecule has 0 fully saturated rings. The quantitative estimate of drug-likeness (QED) is 0.689. The Hall–Kier alpha value is -2.92. The van der Waals surface area contributed by atoms with Crippen LogP contribution in [0.5, 0.6) is 0 Å². The number of anilines is 1. The molecule has 26 heavy (non-hydrogen) atoms. The van der Waals surface area contributed by atoms with Gasteiger partial charge in [-0.25, -0.2) is 0 Å². The fourth-order valence-corrected chi connectivity index (χ4v) is 2.97. The molecule has 3 rings (SSSR count). The summed E-state index contributed by atoms with van der Waals surface area (Å²) in [5.74, 6) is 0.621. The van der Waals surface area contributed by atoms with E-state index in [1.807, 2.05) is 56.4 Å². The normalized spacial score (nSPS) is 11.9. The molecule has 0 aliphatic carbocycles. The number of nitrogens with one attached hydrogen (secondary N) is 2. The van der Waals surface area contributed by atoms with Gasteiger partial charge in [0.1, 0.15) is 5.82 Å². The van der Waals surface area contributed by atoms with Gasteiger partial charge < -0.3 is 10.6 Å². The number of carbonyl (C=O) groups excluding carboxylic acids is 1. The molecule has 1 atom stereocenters. The van der Waals surface area contributed by atoms with Crippen molar-refractivity contribution in [1.82, 2.24) is 15.1 Å². The Morgan fingerprint density at radius 1 is 1.08 bits per heavy atom. The summed E-state index contributed by atoms with van der Waals surface area (Å²) in [6.45, 7) is 2.13. The van der Waals surface area contributed by atoms with Crippen LogP contribution < -0.4 is 10.6 Å². The van der Waals surface area contributed by atoms with Crippen molar-refractivity contribution in [3.8, 4) is 0 Å². The number of benzene rings is 2. The largest absolute Gasteiger partial charge is 0.310 e. The molecular formula is C21H24N4O. The summed E-state index contributed by atoms with van der Waals surface area (Å²) in [5, 5.41) is 10.5. The molecule has 0 bridgehead atoms. The molecule has 3 aromatic rings. The van der Waals surface area contributed by atoms with Crippen LogP contribution in [0.3, 0.4) is 0 Å². The minimum absolute atomic E-state index is 0.0672. The highest BCUT2D eigenvalue weighted by molar-refractivity contribution is 5.91. The SMILES string of the molecule is Cc1cc(NC(=O)CNC(Cc2ccccc2)c2ccccc2)n(C)n1. The fourth-order valence-electron chi connectivity index (χ4n) is 2.97. The van der Waals surface area contributed by atoms with E-state index in [2.05, 4.69) is 40.0 Å². The molecule has 0 aliphatic rings. The number of aromatic nitrogens is 2. The lowest BCUT2D eigenvalue weighted by Gasteiger charge is -2.19. The standard InChI is InChI=1S/C21H24N4O/c1-16-13-20(25(2)24-16)23-21(26)15-22-19(18-11-7-4-8-12-18)14-17-9-5-3-6-10-17/h3-13,19,22H,14-15H2,1-2H3,(H,23,26). The van der Waals surface area contributed by atoms with Crippen molar-refractivity contribution < 1.29 is 4.79 Å². The van der Waals surface area contributed by atoms with E-state index in [1.165, 1.54) is 11.1 Å². The van der Waals surface area contributed by atoms with E-state index in [0.717, 1.165) is 12.1 Å². The number of nitrogens with zero attached hydrogens (tertiary/aromatic N) is 2. The second kappa shape index (κ2) is 8.45. The number of hydrogen-bond acceptors (Lipinski definition) is 3. The van der Waals surface area contributed by atoms with E-state index in [1.54, 1.807) is 4.68 Å². The van der Waals surface area contributed by atoms with Gasteiger partial charge in [0, 0.05) is 19.2 Å². The van der Waals surface area contributed by atoms with Gasteiger partial charge in [-0.3, -0.25) is 9.48 Å². The summed E-state index contributed by atoms with van der Waals surface area (Å²) in [5.41, 5.74) is 3.28.